The van der Waals surface area contributed by atoms with Gasteiger partial charge in [0.2, 0.25) is 5.13 Å². The minimum Gasteiger partial charge on any atom is -0.306 e. The number of thiazole rings is 1. The minimum absolute atomic E-state index is 0.204. The van der Waals surface area contributed by atoms with Crippen LogP contribution in [0.2, 0.25) is 0 Å². The second kappa shape index (κ2) is 6.59. The molecule has 2 aromatic heterocycles. The topological polar surface area (TPSA) is 59.8 Å². The number of benzene rings is 2. The average Bonchev–Trinajstić information content (AvgIpc) is 3.19. The Hall–Kier alpha value is -3.06. The van der Waals surface area contributed by atoms with Gasteiger partial charge in [-0.3, -0.25) is 4.79 Å². The Morgan fingerprint density at radius 3 is 2.74 bits per heavy atom. The van der Waals surface area contributed by atoms with Crippen molar-refractivity contribution in [1.82, 2.24) is 14.8 Å². The van der Waals surface area contributed by atoms with Crippen molar-refractivity contribution in [3.63, 3.8) is 0 Å². The van der Waals surface area contributed by atoms with Crippen molar-refractivity contribution in [2.75, 3.05) is 5.32 Å². The molecule has 0 saturated heterocycles. The van der Waals surface area contributed by atoms with Gasteiger partial charge < -0.3 is 5.32 Å². The summed E-state index contributed by atoms with van der Waals surface area (Å²) in [5, 5.41) is 7.93. The fourth-order valence-electron chi connectivity index (χ4n) is 2.88. The van der Waals surface area contributed by atoms with Crippen molar-refractivity contribution in [1.29, 1.82) is 0 Å². The molecule has 27 heavy (non-hydrogen) atoms. The normalized spacial score (nSPS) is 11.1. The van der Waals surface area contributed by atoms with E-state index in [1.54, 1.807) is 16.8 Å². The Kier molecular flexibility index (Phi) is 4.24. The molecule has 0 aliphatic heterocycles. The lowest BCUT2D eigenvalue weighted by molar-refractivity contribution is 0.102. The van der Waals surface area contributed by atoms with E-state index in [4.69, 9.17) is 0 Å². The van der Waals surface area contributed by atoms with E-state index < -0.39 is 0 Å². The molecule has 4 rings (SSSR count). The van der Waals surface area contributed by atoms with Gasteiger partial charge >= 0.3 is 0 Å². The number of hydrogen-bond acceptors (Lipinski definition) is 4. The predicted octanol–water partition coefficient (Wildman–Crippen LogP) is 4.80. The van der Waals surface area contributed by atoms with E-state index in [2.05, 4.69) is 15.4 Å². The van der Waals surface area contributed by atoms with Crippen LogP contribution in [0.5, 0.6) is 0 Å². The summed E-state index contributed by atoms with van der Waals surface area (Å²) in [5.74, 6) is 0.0141. The maximum Gasteiger partial charge on any atom is 0.257 e. The molecule has 0 bridgehead atoms. The van der Waals surface area contributed by atoms with Gasteiger partial charge in [-0.15, -0.1) is 0 Å². The smallest absolute Gasteiger partial charge is 0.257 e. The van der Waals surface area contributed by atoms with Crippen molar-refractivity contribution < 1.29 is 9.18 Å². The lowest BCUT2D eigenvalue weighted by atomic mass is 10.1. The fraction of sp³-hybridized carbons (Fsp3) is 0.150. The molecule has 5 nitrogen and oxygen atoms in total. The molecule has 0 unspecified atom stereocenters. The van der Waals surface area contributed by atoms with Gasteiger partial charge in [-0.2, -0.15) is 9.78 Å². The zero-order chi connectivity index (χ0) is 19.1. The number of nitrogens with zero attached hydrogens (tertiary/aromatic N) is 3. The quantitative estimate of drug-likeness (QED) is 0.555. The fourth-order valence-corrected chi connectivity index (χ4v) is 3.83. The Morgan fingerprint density at radius 1 is 1.11 bits per heavy atom. The van der Waals surface area contributed by atoms with Crippen LogP contribution in [0.1, 0.15) is 27.2 Å². The van der Waals surface area contributed by atoms with Gasteiger partial charge in [0, 0.05) is 11.6 Å². The van der Waals surface area contributed by atoms with Gasteiger partial charge in [0.1, 0.15) is 11.6 Å². The number of carbonyl (C=O) groups is 1. The number of anilines is 1. The van der Waals surface area contributed by atoms with E-state index in [1.807, 2.05) is 39.0 Å². The molecule has 0 radical (unpaired) electrons. The third-order valence-electron chi connectivity index (χ3n) is 4.23. The lowest BCUT2D eigenvalue weighted by Crippen LogP contribution is -2.16. The number of rotatable bonds is 3. The first-order valence-corrected chi connectivity index (χ1v) is 9.24. The van der Waals surface area contributed by atoms with E-state index in [0.717, 1.165) is 21.5 Å². The first-order chi connectivity index (χ1) is 12.9. The van der Waals surface area contributed by atoms with Gasteiger partial charge in [0.25, 0.3) is 5.91 Å². The summed E-state index contributed by atoms with van der Waals surface area (Å²) in [6.45, 7) is 5.70. The molecular weight excluding hydrogens is 363 g/mol. The zero-order valence-corrected chi connectivity index (χ0v) is 15.9. The van der Waals surface area contributed by atoms with E-state index >= 15 is 0 Å². The average molecular weight is 380 g/mol. The van der Waals surface area contributed by atoms with Crippen molar-refractivity contribution in [2.24, 2.45) is 0 Å². The molecule has 0 fully saturated rings. The van der Waals surface area contributed by atoms with Crippen LogP contribution in [0.4, 0.5) is 10.2 Å². The number of aromatic nitrogens is 3. The highest BCUT2D eigenvalue weighted by atomic mass is 32.1. The van der Waals surface area contributed by atoms with Crippen LogP contribution < -0.4 is 5.32 Å². The third-order valence-corrected chi connectivity index (χ3v) is 5.22. The Balaban J connectivity index is 1.72. The summed E-state index contributed by atoms with van der Waals surface area (Å²) >= 11 is 1.32. The Labute approximate surface area is 159 Å². The van der Waals surface area contributed by atoms with Crippen molar-refractivity contribution >= 4 is 33.3 Å². The van der Waals surface area contributed by atoms with Crippen molar-refractivity contribution in [3.8, 4) is 5.13 Å². The minimum atomic E-state index is -0.308. The maximum absolute atomic E-state index is 13.5. The second-order valence-electron chi connectivity index (χ2n) is 6.46. The lowest BCUT2D eigenvalue weighted by Gasteiger charge is -2.09. The van der Waals surface area contributed by atoms with Crippen LogP contribution in [0, 0.1) is 26.6 Å². The van der Waals surface area contributed by atoms with Gasteiger partial charge in [0.15, 0.2) is 0 Å². The predicted molar refractivity (Wildman–Crippen MR) is 105 cm³/mol. The molecule has 2 heterocycles. The number of hydrogen-bond donors (Lipinski definition) is 1. The zero-order valence-electron chi connectivity index (χ0n) is 15.1. The van der Waals surface area contributed by atoms with Crippen LogP contribution >= 0.6 is 11.3 Å². The van der Waals surface area contributed by atoms with Gasteiger partial charge in [-0.1, -0.05) is 29.0 Å². The summed E-state index contributed by atoms with van der Waals surface area (Å²) in [7, 11) is 0. The van der Waals surface area contributed by atoms with E-state index in [-0.39, 0.29) is 11.7 Å². The Bertz CT molecular complexity index is 1180. The summed E-state index contributed by atoms with van der Waals surface area (Å²) < 4.78 is 15.8. The third kappa shape index (κ3) is 3.33. The number of fused-ring (bicyclic) bond motifs is 1. The molecule has 0 aliphatic rings. The van der Waals surface area contributed by atoms with Gasteiger partial charge in [-0.05, 0) is 50.6 Å². The number of carbonyl (C=O) groups excluding carboxylic acids is 1. The van der Waals surface area contributed by atoms with E-state index in [0.29, 0.717) is 22.0 Å². The monoisotopic (exact) mass is 380 g/mol. The first-order valence-electron chi connectivity index (χ1n) is 8.42. The molecule has 2 aromatic carbocycles. The van der Waals surface area contributed by atoms with Crippen LogP contribution in [0.25, 0.3) is 15.3 Å². The maximum atomic E-state index is 13.5. The SMILES string of the molecule is Cc1ccc(C)c(C(=O)Nc2cc(C)nn2-c2nc3ccc(F)cc3s2)c1. The summed E-state index contributed by atoms with van der Waals surface area (Å²) in [6.07, 6.45) is 0. The van der Waals surface area contributed by atoms with Crippen molar-refractivity contribution in [3.05, 3.63) is 70.7 Å². The highest BCUT2D eigenvalue weighted by Crippen LogP contribution is 2.28. The summed E-state index contributed by atoms with van der Waals surface area (Å²) in [6, 6.07) is 12.0. The van der Waals surface area contributed by atoms with Gasteiger partial charge in [-0.25, -0.2) is 9.37 Å². The van der Waals surface area contributed by atoms with Crippen LogP contribution in [0.3, 0.4) is 0 Å². The van der Waals surface area contributed by atoms with Crippen LogP contribution in [0.15, 0.2) is 42.5 Å². The first kappa shape index (κ1) is 17.4. The number of nitrogens with one attached hydrogen (secondary N) is 1. The largest absolute Gasteiger partial charge is 0.306 e. The molecule has 0 spiro atoms. The number of amides is 1. The molecule has 0 saturated carbocycles. The van der Waals surface area contributed by atoms with E-state index in [1.165, 1.54) is 23.5 Å². The van der Waals surface area contributed by atoms with Crippen LogP contribution in [-0.2, 0) is 0 Å². The standard InChI is InChI=1S/C20H17FN4OS/c1-11-4-5-12(2)15(8-11)19(26)23-18-9-13(3)24-25(18)20-22-16-7-6-14(21)10-17(16)27-20/h4-10H,1-3H3,(H,23,26). The molecular formula is C20H17FN4OS. The molecule has 4 aromatic rings. The van der Waals surface area contributed by atoms with Gasteiger partial charge in [0.05, 0.1) is 15.9 Å². The Morgan fingerprint density at radius 2 is 1.93 bits per heavy atom. The number of aryl methyl sites for hydroxylation is 3. The summed E-state index contributed by atoms with van der Waals surface area (Å²) in [5.41, 5.74) is 3.97. The second-order valence-corrected chi connectivity index (χ2v) is 7.47. The molecule has 0 aliphatic carbocycles. The van der Waals surface area contributed by atoms with Crippen molar-refractivity contribution in [2.45, 2.75) is 20.8 Å². The summed E-state index contributed by atoms with van der Waals surface area (Å²) in [4.78, 5) is 17.3. The molecule has 1 N–H and O–H groups in total. The van der Waals surface area contributed by atoms with E-state index in [9.17, 15) is 9.18 Å². The highest BCUT2D eigenvalue weighted by molar-refractivity contribution is 7.20. The number of halogens is 1. The molecule has 7 heteroatoms. The molecule has 1 amide bonds. The molecule has 136 valence electrons. The highest BCUT2D eigenvalue weighted by Gasteiger charge is 2.16. The molecule has 0 atom stereocenters. The van der Waals surface area contributed by atoms with Crippen LogP contribution in [-0.4, -0.2) is 20.7 Å².